The highest BCUT2D eigenvalue weighted by molar-refractivity contribution is 8.26. The molecule has 1 aliphatic rings. The molecule has 1 heterocycles. The molecule has 0 radical (unpaired) electrons. The van der Waals surface area contributed by atoms with E-state index in [0.29, 0.717) is 6.07 Å². The number of nitro benzene ring substituents is 2. The van der Waals surface area contributed by atoms with Gasteiger partial charge >= 0.3 is 5.69 Å². The number of aromatic hydroxyl groups is 1. The number of carbonyl (C=O) groups is 1. The second kappa shape index (κ2) is 6.76. The lowest BCUT2D eigenvalue weighted by molar-refractivity contribution is -0.394. The summed E-state index contributed by atoms with van der Waals surface area (Å²) in [5.41, 5.74) is -1.61. The quantitative estimate of drug-likeness (QED) is 0.277. The summed E-state index contributed by atoms with van der Waals surface area (Å²) in [6.07, 6.45) is 2.61. The molecule has 1 fully saturated rings. The number of non-ortho nitro benzene ring substituents is 1. The van der Waals surface area contributed by atoms with Gasteiger partial charge in [-0.2, -0.15) is 0 Å². The van der Waals surface area contributed by atoms with E-state index < -0.39 is 32.9 Å². The number of nitro groups is 2. The minimum atomic E-state index is -0.942. The minimum absolute atomic E-state index is 0.0898. The van der Waals surface area contributed by atoms with Crippen molar-refractivity contribution in [2.75, 3.05) is 6.54 Å². The fraction of sp³-hybridized carbons (Fsp3) is 0.0769. The Balaban J connectivity index is 2.55. The van der Waals surface area contributed by atoms with Crippen LogP contribution in [0.4, 0.5) is 11.4 Å². The van der Waals surface area contributed by atoms with E-state index in [-0.39, 0.29) is 21.3 Å². The van der Waals surface area contributed by atoms with Crippen LogP contribution < -0.4 is 0 Å². The topological polar surface area (TPSA) is 127 Å². The molecule has 1 aliphatic heterocycles. The monoisotopic (exact) mass is 367 g/mol. The number of thiocarbonyl (C=S) groups is 1. The lowest BCUT2D eigenvalue weighted by atomic mass is 10.1. The molecule has 0 aliphatic carbocycles. The fourth-order valence-corrected chi connectivity index (χ4v) is 3.17. The van der Waals surface area contributed by atoms with Crippen LogP contribution in [-0.2, 0) is 4.79 Å². The van der Waals surface area contributed by atoms with Gasteiger partial charge < -0.3 is 5.11 Å². The van der Waals surface area contributed by atoms with Crippen LogP contribution in [0, 0.1) is 20.2 Å². The predicted molar refractivity (Wildman–Crippen MR) is 91.5 cm³/mol. The van der Waals surface area contributed by atoms with Gasteiger partial charge in [-0.3, -0.25) is 29.9 Å². The van der Waals surface area contributed by atoms with Crippen LogP contribution in [-0.4, -0.2) is 36.6 Å². The largest absolute Gasteiger partial charge is 0.502 e. The molecule has 1 aromatic carbocycles. The molecule has 0 aromatic heterocycles. The Kier molecular flexibility index (Phi) is 4.95. The van der Waals surface area contributed by atoms with E-state index in [0.717, 1.165) is 23.9 Å². The van der Waals surface area contributed by atoms with Gasteiger partial charge in [-0.05, 0) is 6.08 Å². The summed E-state index contributed by atoms with van der Waals surface area (Å²) in [4.78, 5) is 33.6. The Bertz CT molecular complexity index is 820. The summed E-state index contributed by atoms with van der Waals surface area (Å²) in [5.74, 6) is -1.24. The van der Waals surface area contributed by atoms with Crippen molar-refractivity contribution in [1.29, 1.82) is 0 Å². The van der Waals surface area contributed by atoms with Gasteiger partial charge in [0.15, 0.2) is 0 Å². The number of amides is 1. The highest BCUT2D eigenvalue weighted by Crippen LogP contribution is 2.39. The number of benzene rings is 1. The van der Waals surface area contributed by atoms with E-state index in [1.807, 2.05) is 0 Å². The molecular weight excluding hydrogens is 358 g/mol. The Labute approximate surface area is 144 Å². The number of phenolic OH excluding ortho intramolecular Hbond substituents is 1. The Morgan fingerprint density at radius 1 is 1.33 bits per heavy atom. The van der Waals surface area contributed by atoms with Gasteiger partial charge in [-0.15, -0.1) is 6.58 Å². The Morgan fingerprint density at radius 2 is 2.00 bits per heavy atom. The third-order valence-corrected chi connectivity index (χ3v) is 4.36. The number of nitrogens with zero attached hydrogens (tertiary/aromatic N) is 3. The third kappa shape index (κ3) is 3.26. The van der Waals surface area contributed by atoms with Crippen molar-refractivity contribution in [2.24, 2.45) is 0 Å². The van der Waals surface area contributed by atoms with E-state index in [4.69, 9.17) is 12.2 Å². The Hall–Kier alpha value is -2.79. The van der Waals surface area contributed by atoms with Crippen LogP contribution >= 0.6 is 24.0 Å². The fourth-order valence-electron chi connectivity index (χ4n) is 1.91. The Morgan fingerprint density at radius 3 is 2.54 bits per heavy atom. The second-order valence-electron chi connectivity index (χ2n) is 4.50. The molecule has 0 bridgehead atoms. The number of carbonyl (C=O) groups excluding carboxylic acids is 1. The third-order valence-electron chi connectivity index (χ3n) is 2.98. The zero-order valence-electron chi connectivity index (χ0n) is 11.9. The molecule has 0 unspecified atom stereocenters. The highest BCUT2D eigenvalue weighted by atomic mass is 32.2. The predicted octanol–water partition coefficient (Wildman–Crippen LogP) is 2.60. The zero-order valence-corrected chi connectivity index (χ0v) is 13.5. The summed E-state index contributed by atoms with van der Waals surface area (Å²) in [7, 11) is 0. The van der Waals surface area contributed by atoms with E-state index >= 15 is 0 Å². The average Bonchev–Trinajstić information content (AvgIpc) is 2.76. The van der Waals surface area contributed by atoms with Gasteiger partial charge in [-0.1, -0.05) is 30.1 Å². The van der Waals surface area contributed by atoms with Gasteiger partial charge in [0.25, 0.3) is 11.6 Å². The number of hydrogen-bond acceptors (Lipinski definition) is 8. The van der Waals surface area contributed by atoms with Crippen molar-refractivity contribution in [2.45, 2.75) is 0 Å². The lowest BCUT2D eigenvalue weighted by Gasteiger charge is -2.10. The summed E-state index contributed by atoms with van der Waals surface area (Å²) < 4.78 is 0.255. The zero-order chi connectivity index (χ0) is 18.0. The van der Waals surface area contributed by atoms with Crippen molar-refractivity contribution in [3.8, 4) is 5.75 Å². The molecular formula is C13H9N3O6S2. The molecule has 124 valence electrons. The lowest BCUT2D eigenvalue weighted by Crippen LogP contribution is -2.27. The molecule has 0 spiro atoms. The van der Waals surface area contributed by atoms with E-state index in [1.165, 1.54) is 11.0 Å². The minimum Gasteiger partial charge on any atom is -0.502 e. The molecule has 1 amide bonds. The SMILES string of the molecule is C=CCN1C(=O)/C(=C\c2cc([N+](=O)[O-])cc([N+](=O)[O-])c2O)SC1=S. The molecule has 1 saturated heterocycles. The van der Waals surface area contributed by atoms with Crippen LogP contribution in [0.2, 0.25) is 0 Å². The molecule has 9 nitrogen and oxygen atoms in total. The van der Waals surface area contributed by atoms with Crippen molar-refractivity contribution < 1.29 is 19.7 Å². The molecule has 0 saturated carbocycles. The van der Waals surface area contributed by atoms with E-state index in [2.05, 4.69) is 6.58 Å². The summed E-state index contributed by atoms with van der Waals surface area (Å²) in [6, 6.07) is 1.60. The normalized spacial score (nSPS) is 15.8. The number of phenols is 1. The van der Waals surface area contributed by atoms with Crippen molar-refractivity contribution in [1.82, 2.24) is 4.90 Å². The summed E-state index contributed by atoms with van der Waals surface area (Å²) >= 11 is 5.97. The summed E-state index contributed by atoms with van der Waals surface area (Å²) in [6.45, 7) is 3.69. The summed E-state index contributed by atoms with van der Waals surface area (Å²) in [5, 5.41) is 31.8. The first-order chi connectivity index (χ1) is 11.3. The van der Waals surface area contributed by atoms with E-state index in [1.54, 1.807) is 0 Å². The number of hydrogen-bond donors (Lipinski definition) is 1. The van der Waals surface area contributed by atoms with Gasteiger partial charge in [0.1, 0.15) is 4.32 Å². The molecule has 11 heteroatoms. The molecule has 24 heavy (non-hydrogen) atoms. The number of rotatable bonds is 5. The van der Waals surface area contributed by atoms with Crippen LogP contribution in [0.5, 0.6) is 5.75 Å². The molecule has 1 aromatic rings. The van der Waals surface area contributed by atoms with Gasteiger partial charge in [0.2, 0.25) is 5.75 Å². The first kappa shape index (κ1) is 17.6. The van der Waals surface area contributed by atoms with Gasteiger partial charge in [0.05, 0.1) is 20.8 Å². The van der Waals surface area contributed by atoms with Gasteiger partial charge in [0, 0.05) is 18.2 Å². The van der Waals surface area contributed by atoms with E-state index in [9.17, 15) is 30.1 Å². The van der Waals surface area contributed by atoms with Crippen molar-refractivity contribution in [3.05, 3.63) is 55.5 Å². The molecule has 0 atom stereocenters. The maximum absolute atomic E-state index is 12.2. The maximum atomic E-state index is 12.2. The van der Waals surface area contributed by atoms with Crippen LogP contribution in [0.25, 0.3) is 6.08 Å². The van der Waals surface area contributed by atoms with Crippen molar-refractivity contribution >= 4 is 51.7 Å². The van der Waals surface area contributed by atoms with Crippen LogP contribution in [0.1, 0.15) is 5.56 Å². The van der Waals surface area contributed by atoms with Crippen LogP contribution in [0.15, 0.2) is 29.7 Å². The highest BCUT2D eigenvalue weighted by Gasteiger charge is 2.32. The smallest absolute Gasteiger partial charge is 0.318 e. The molecule has 2 rings (SSSR count). The van der Waals surface area contributed by atoms with Crippen molar-refractivity contribution in [3.63, 3.8) is 0 Å². The number of thioether (sulfide) groups is 1. The second-order valence-corrected chi connectivity index (χ2v) is 6.17. The van der Waals surface area contributed by atoms with Crippen LogP contribution in [0.3, 0.4) is 0 Å². The first-order valence-electron chi connectivity index (χ1n) is 6.28. The average molecular weight is 367 g/mol. The standard InChI is InChI=1S/C13H9N3O6S2/c1-2-3-14-12(18)10(24-13(14)23)5-7-4-8(15(19)20)6-9(11(7)17)16(21)22/h2,4-6,17H,1,3H2/b10-5+. The first-order valence-corrected chi connectivity index (χ1v) is 7.50. The molecule has 1 N–H and O–H groups in total. The van der Waals surface area contributed by atoms with Gasteiger partial charge in [-0.25, -0.2) is 0 Å². The maximum Gasteiger partial charge on any atom is 0.318 e.